The Labute approximate surface area is 247 Å². The molecule has 0 unspecified atom stereocenters. The smallest absolute Gasteiger partial charge is 0.143 e. The molecule has 0 atom stereocenters. The van der Waals surface area contributed by atoms with E-state index < -0.39 is 0 Å². The number of rotatable bonds is 4. The molecule has 43 heavy (non-hydrogen) atoms. The third-order valence-corrected chi connectivity index (χ3v) is 8.44. The van der Waals surface area contributed by atoms with Gasteiger partial charge in [0.05, 0.1) is 11.1 Å². The summed E-state index contributed by atoms with van der Waals surface area (Å²) in [6.07, 6.45) is 0. The Hall–Kier alpha value is -5.80. The van der Waals surface area contributed by atoms with E-state index in [9.17, 15) is 0 Å². The fourth-order valence-electron chi connectivity index (χ4n) is 6.53. The highest BCUT2D eigenvalue weighted by atomic mass is 16.3. The number of hydrogen-bond acceptors (Lipinski definition) is 3. The van der Waals surface area contributed by atoms with Crippen LogP contribution in [0.25, 0.3) is 65.8 Å². The maximum absolute atomic E-state index is 6.69. The predicted octanol–water partition coefficient (Wildman–Crippen LogP) is 11.8. The molecule has 0 saturated carbocycles. The molecule has 0 fully saturated rings. The van der Waals surface area contributed by atoms with Crippen LogP contribution in [0, 0.1) is 0 Å². The lowest BCUT2D eigenvalue weighted by Crippen LogP contribution is -2.09. The van der Waals surface area contributed by atoms with E-state index in [1.165, 1.54) is 5.56 Å². The van der Waals surface area contributed by atoms with E-state index in [1.807, 2.05) is 12.1 Å². The van der Waals surface area contributed by atoms with Gasteiger partial charge in [-0.25, -0.2) is 0 Å². The van der Waals surface area contributed by atoms with Crippen molar-refractivity contribution < 1.29 is 8.83 Å². The van der Waals surface area contributed by atoms with Crippen LogP contribution in [0.15, 0.2) is 160 Å². The van der Waals surface area contributed by atoms with E-state index in [2.05, 4.69) is 144 Å². The van der Waals surface area contributed by atoms with Crippen LogP contribution in [-0.4, -0.2) is 0 Å². The van der Waals surface area contributed by atoms with Gasteiger partial charge in [-0.15, -0.1) is 0 Å². The molecule has 7 aromatic carbocycles. The maximum Gasteiger partial charge on any atom is 0.143 e. The van der Waals surface area contributed by atoms with Crippen molar-refractivity contribution in [3.63, 3.8) is 0 Å². The minimum atomic E-state index is 0.864. The van der Waals surface area contributed by atoms with E-state index >= 15 is 0 Å². The van der Waals surface area contributed by atoms with Crippen molar-refractivity contribution in [2.75, 3.05) is 4.90 Å². The lowest BCUT2D eigenvalue weighted by molar-refractivity contribution is 0.669. The van der Waals surface area contributed by atoms with Gasteiger partial charge < -0.3 is 13.7 Å². The second kappa shape index (κ2) is 9.37. The Morgan fingerprint density at radius 2 is 1.02 bits per heavy atom. The minimum absolute atomic E-state index is 0.864. The van der Waals surface area contributed by atoms with Crippen molar-refractivity contribution in [3.05, 3.63) is 152 Å². The molecular formula is C40H25NO2. The SMILES string of the molecule is c1ccc(N(c2ccccc2)c2cccc3oc4c5ccccc5c(-c5ccc6oc7ccccc7c6c5)cc4c23)cc1. The summed E-state index contributed by atoms with van der Waals surface area (Å²) in [5.41, 5.74) is 9.13. The Morgan fingerprint density at radius 3 is 1.79 bits per heavy atom. The largest absolute Gasteiger partial charge is 0.456 e. The molecular weight excluding hydrogens is 526 g/mol. The summed E-state index contributed by atoms with van der Waals surface area (Å²) < 4.78 is 12.8. The van der Waals surface area contributed by atoms with E-state index in [-0.39, 0.29) is 0 Å². The molecule has 0 N–H and O–H groups in total. The van der Waals surface area contributed by atoms with Crippen molar-refractivity contribution in [3.8, 4) is 11.1 Å². The number of nitrogens with zero attached hydrogens (tertiary/aromatic N) is 1. The van der Waals surface area contributed by atoms with Crippen molar-refractivity contribution in [1.29, 1.82) is 0 Å². The van der Waals surface area contributed by atoms with Gasteiger partial charge in [0.15, 0.2) is 0 Å². The first-order valence-corrected chi connectivity index (χ1v) is 14.5. The summed E-state index contributed by atoms with van der Waals surface area (Å²) in [5, 5.41) is 6.68. The van der Waals surface area contributed by atoms with Gasteiger partial charge in [-0.05, 0) is 77.2 Å². The minimum Gasteiger partial charge on any atom is -0.456 e. The standard InChI is InChI=1S/C40H25NO2/c1-3-12-27(13-4-1)41(28-14-5-2-6-15-28)35-19-11-21-38-39(35)34-25-32(29-16-7-8-18-31(29)40(34)43-38)26-22-23-37-33(24-26)30-17-9-10-20-36(30)42-37/h1-25H. The molecule has 0 aliphatic heterocycles. The van der Waals surface area contributed by atoms with Crippen LogP contribution < -0.4 is 4.90 Å². The molecule has 0 spiro atoms. The predicted molar refractivity (Wildman–Crippen MR) is 179 cm³/mol. The molecule has 202 valence electrons. The second-order valence-corrected chi connectivity index (χ2v) is 10.9. The molecule has 0 aliphatic rings. The molecule has 2 heterocycles. The second-order valence-electron chi connectivity index (χ2n) is 10.9. The van der Waals surface area contributed by atoms with E-state index in [0.29, 0.717) is 0 Å². The molecule has 2 aromatic heterocycles. The zero-order chi connectivity index (χ0) is 28.3. The summed E-state index contributed by atoms with van der Waals surface area (Å²) >= 11 is 0. The van der Waals surface area contributed by atoms with Crippen molar-refractivity contribution in [2.45, 2.75) is 0 Å². The van der Waals surface area contributed by atoms with Gasteiger partial charge in [-0.2, -0.15) is 0 Å². The molecule has 0 amide bonds. The molecule has 9 rings (SSSR count). The van der Waals surface area contributed by atoms with E-state index in [0.717, 1.165) is 77.3 Å². The van der Waals surface area contributed by atoms with E-state index in [1.54, 1.807) is 0 Å². The molecule has 0 saturated heterocycles. The topological polar surface area (TPSA) is 29.5 Å². The molecule has 0 radical (unpaired) electrons. The summed E-state index contributed by atoms with van der Waals surface area (Å²) in [5.74, 6) is 0. The quantitative estimate of drug-likeness (QED) is 0.218. The van der Waals surface area contributed by atoms with Crippen molar-refractivity contribution in [1.82, 2.24) is 0 Å². The molecule has 0 bridgehead atoms. The van der Waals surface area contributed by atoms with Gasteiger partial charge in [-0.3, -0.25) is 0 Å². The Bertz CT molecular complexity index is 2410. The van der Waals surface area contributed by atoms with E-state index in [4.69, 9.17) is 8.83 Å². The first-order valence-electron chi connectivity index (χ1n) is 14.5. The average Bonchev–Trinajstić information content (AvgIpc) is 3.64. The summed E-state index contributed by atoms with van der Waals surface area (Å²) in [7, 11) is 0. The number of hydrogen-bond donors (Lipinski definition) is 0. The summed E-state index contributed by atoms with van der Waals surface area (Å²) in [6.45, 7) is 0. The van der Waals surface area contributed by atoms with Gasteiger partial charge in [0.25, 0.3) is 0 Å². The third kappa shape index (κ3) is 3.68. The monoisotopic (exact) mass is 551 g/mol. The Balaban J connectivity index is 1.36. The normalized spacial score (nSPS) is 11.7. The summed E-state index contributed by atoms with van der Waals surface area (Å²) in [4.78, 5) is 2.32. The fourth-order valence-corrected chi connectivity index (χ4v) is 6.53. The average molecular weight is 552 g/mol. The molecule has 0 aliphatic carbocycles. The zero-order valence-electron chi connectivity index (χ0n) is 23.2. The highest BCUT2D eigenvalue weighted by Crippen LogP contribution is 2.46. The number of benzene rings is 7. The lowest BCUT2D eigenvalue weighted by atomic mass is 9.94. The van der Waals surface area contributed by atoms with Crippen LogP contribution in [0.1, 0.15) is 0 Å². The number of para-hydroxylation sites is 3. The van der Waals surface area contributed by atoms with Crippen LogP contribution in [0.2, 0.25) is 0 Å². The van der Waals surface area contributed by atoms with Crippen LogP contribution in [0.4, 0.5) is 17.1 Å². The Morgan fingerprint density at radius 1 is 0.395 bits per heavy atom. The van der Waals surface area contributed by atoms with Crippen LogP contribution in [-0.2, 0) is 0 Å². The van der Waals surface area contributed by atoms with Gasteiger partial charge in [0.1, 0.15) is 22.3 Å². The van der Waals surface area contributed by atoms with Gasteiger partial charge in [0, 0.05) is 32.9 Å². The maximum atomic E-state index is 6.69. The number of furan rings is 2. The lowest BCUT2D eigenvalue weighted by Gasteiger charge is -2.26. The molecule has 3 nitrogen and oxygen atoms in total. The fraction of sp³-hybridized carbons (Fsp3) is 0. The third-order valence-electron chi connectivity index (χ3n) is 8.44. The van der Waals surface area contributed by atoms with Crippen LogP contribution in [0.3, 0.4) is 0 Å². The Kier molecular flexibility index (Phi) is 5.20. The van der Waals surface area contributed by atoms with Crippen molar-refractivity contribution in [2.24, 2.45) is 0 Å². The first-order chi connectivity index (χ1) is 21.3. The van der Waals surface area contributed by atoms with Gasteiger partial charge in [-0.1, -0.05) is 91.0 Å². The highest BCUT2D eigenvalue weighted by Gasteiger charge is 2.21. The molecule has 3 heteroatoms. The molecule has 9 aromatic rings. The first kappa shape index (κ1) is 23.9. The van der Waals surface area contributed by atoms with Crippen LogP contribution >= 0.6 is 0 Å². The summed E-state index contributed by atoms with van der Waals surface area (Å²) in [6, 6.07) is 53.0. The number of fused-ring (bicyclic) bond motifs is 8. The van der Waals surface area contributed by atoms with Gasteiger partial charge >= 0.3 is 0 Å². The van der Waals surface area contributed by atoms with Crippen LogP contribution in [0.5, 0.6) is 0 Å². The number of anilines is 3. The zero-order valence-corrected chi connectivity index (χ0v) is 23.2. The van der Waals surface area contributed by atoms with Gasteiger partial charge in [0.2, 0.25) is 0 Å². The van der Waals surface area contributed by atoms with Crippen molar-refractivity contribution >= 4 is 71.7 Å². The highest BCUT2D eigenvalue weighted by molar-refractivity contribution is 6.23.